The second-order valence-corrected chi connectivity index (χ2v) is 13.6. The zero-order valence-corrected chi connectivity index (χ0v) is 27.4. The van der Waals surface area contributed by atoms with Crippen LogP contribution >= 0.6 is 0 Å². The second-order valence-electron chi connectivity index (χ2n) is 13.6. The van der Waals surface area contributed by atoms with Crippen molar-refractivity contribution in [3.05, 3.63) is 60.2 Å². The molecular weight excluding hydrogens is 556 g/mol. The van der Waals surface area contributed by atoms with E-state index < -0.39 is 35.5 Å². The second kappa shape index (κ2) is 12.7. The number of rotatable bonds is 7. The van der Waals surface area contributed by atoms with E-state index in [1.54, 1.807) is 0 Å². The molecule has 0 saturated carbocycles. The maximum atomic E-state index is 12.8. The molecule has 2 heterocycles. The van der Waals surface area contributed by atoms with Gasteiger partial charge in [0.05, 0.1) is 23.1 Å². The van der Waals surface area contributed by atoms with E-state index >= 15 is 0 Å². The van der Waals surface area contributed by atoms with Crippen LogP contribution < -0.4 is 10.6 Å². The summed E-state index contributed by atoms with van der Waals surface area (Å²) in [6, 6.07) is 14.4. The summed E-state index contributed by atoms with van der Waals surface area (Å²) in [5, 5.41) is 7.54. The van der Waals surface area contributed by atoms with Crippen molar-refractivity contribution >= 4 is 34.0 Å². The number of amides is 2. The molecule has 10 heteroatoms. The zero-order valence-electron chi connectivity index (χ0n) is 27.4. The molecular formula is C34H44N6O4. The van der Waals surface area contributed by atoms with Crippen LogP contribution in [0, 0.1) is 11.8 Å². The Bertz CT molecular complexity index is 1530. The van der Waals surface area contributed by atoms with Gasteiger partial charge in [0.1, 0.15) is 22.6 Å². The molecule has 0 aliphatic heterocycles. The Balaban J connectivity index is 1.91. The van der Waals surface area contributed by atoms with Crippen LogP contribution in [0.25, 0.3) is 33.2 Å². The molecule has 2 aromatic carbocycles. The standard InChI is InChI=1S/C34H44N6O4/c1-19(2)25(39-31(41)43-33(5,6)7)29-35-23-17-13-11-15-21(23)27(37-29)28-22-16-12-14-18-24(22)36-30(38-28)26(20(3)4)40-32(42)44-34(8,9)10/h11-20,25-26H,1-10H3,(H,39,41)(H,40,42)/t25-,26-/m0/s1. The SMILES string of the molecule is CC(C)[C@H](NC(=O)OC(C)(C)C)c1nc(-c2nc([C@@H](NC(=O)OC(C)(C)C)C(C)C)nc3ccccc23)c2ccccc2n1. The summed E-state index contributed by atoms with van der Waals surface area (Å²) in [6.45, 7) is 18.9. The van der Waals surface area contributed by atoms with Gasteiger partial charge in [0.25, 0.3) is 0 Å². The van der Waals surface area contributed by atoms with Gasteiger partial charge in [-0.15, -0.1) is 0 Å². The number of carbonyl (C=O) groups excluding carboxylic acids is 2. The normalized spacial score (nSPS) is 13.6. The molecule has 0 saturated heterocycles. The van der Waals surface area contributed by atoms with Crippen LogP contribution in [-0.2, 0) is 9.47 Å². The predicted molar refractivity (Wildman–Crippen MR) is 172 cm³/mol. The van der Waals surface area contributed by atoms with E-state index in [0.29, 0.717) is 34.1 Å². The van der Waals surface area contributed by atoms with Crippen molar-refractivity contribution in [2.24, 2.45) is 11.8 Å². The van der Waals surface area contributed by atoms with E-state index in [2.05, 4.69) is 10.6 Å². The van der Waals surface area contributed by atoms with Crippen molar-refractivity contribution in [2.45, 2.75) is 92.5 Å². The first-order valence-corrected chi connectivity index (χ1v) is 15.0. The summed E-state index contributed by atoms with van der Waals surface area (Å²) in [5.74, 6) is 0.794. The van der Waals surface area contributed by atoms with Gasteiger partial charge in [0, 0.05) is 10.8 Å². The summed E-state index contributed by atoms with van der Waals surface area (Å²) < 4.78 is 11.1. The lowest BCUT2D eigenvalue weighted by Gasteiger charge is -2.26. The molecule has 0 aliphatic rings. The highest BCUT2D eigenvalue weighted by molar-refractivity contribution is 6.00. The summed E-state index contributed by atoms with van der Waals surface area (Å²) in [4.78, 5) is 45.6. The molecule has 2 atom stereocenters. The Morgan fingerprint density at radius 3 is 1.25 bits per heavy atom. The van der Waals surface area contributed by atoms with Crippen molar-refractivity contribution in [1.29, 1.82) is 0 Å². The molecule has 2 N–H and O–H groups in total. The number of carbonyl (C=O) groups is 2. The number of fused-ring (bicyclic) bond motifs is 2. The van der Waals surface area contributed by atoms with E-state index in [-0.39, 0.29) is 11.8 Å². The maximum Gasteiger partial charge on any atom is 0.408 e. The van der Waals surface area contributed by atoms with E-state index in [4.69, 9.17) is 29.4 Å². The number of alkyl carbamates (subject to hydrolysis) is 2. The average Bonchev–Trinajstić information content (AvgIpc) is 2.91. The average molecular weight is 601 g/mol. The predicted octanol–water partition coefficient (Wildman–Crippen LogP) is 7.68. The Kier molecular flexibility index (Phi) is 9.41. The largest absolute Gasteiger partial charge is 0.444 e. The number of benzene rings is 2. The minimum Gasteiger partial charge on any atom is -0.444 e. The molecule has 0 unspecified atom stereocenters. The smallest absolute Gasteiger partial charge is 0.408 e. The maximum absolute atomic E-state index is 12.8. The number of hydrogen-bond donors (Lipinski definition) is 2. The highest BCUT2D eigenvalue weighted by Gasteiger charge is 2.29. The van der Waals surface area contributed by atoms with Gasteiger partial charge in [0.2, 0.25) is 0 Å². The van der Waals surface area contributed by atoms with E-state index in [9.17, 15) is 9.59 Å². The number of para-hydroxylation sites is 2. The Labute approximate surface area is 259 Å². The molecule has 234 valence electrons. The van der Waals surface area contributed by atoms with Crippen molar-refractivity contribution in [2.75, 3.05) is 0 Å². The quantitative estimate of drug-likeness (QED) is 0.221. The van der Waals surface area contributed by atoms with Crippen LogP contribution in [0.2, 0.25) is 0 Å². The number of nitrogens with one attached hydrogen (secondary N) is 2. The first-order valence-electron chi connectivity index (χ1n) is 15.0. The minimum atomic E-state index is -0.655. The zero-order chi connectivity index (χ0) is 32.4. The molecule has 44 heavy (non-hydrogen) atoms. The van der Waals surface area contributed by atoms with Crippen LogP contribution in [0.4, 0.5) is 9.59 Å². The van der Waals surface area contributed by atoms with Gasteiger partial charge in [-0.2, -0.15) is 0 Å². The fourth-order valence-corrected chi connectivity index (χ4v) is 4.76. The van der Waals surface area contributed by atoms with Gasteiger partial charge in [-0.3, -0.25) is 0 Å². The van der Waals surface area contributed by atoms with Crippen molar-refractivity contribution in [3.63, 3.8) is 0 Å². The number of hydrogen-bond acceptors (Lipinski definition) is 8. The van der Waals surface area contributed by atoms with E-state index in [1.165, 1.54) is 0 Å². The Morgan fingerprint density at radius 2 is 0.932 bits per heavy atom. The fourth-order valence-electron chi connectivity index (χ4n) is 4.76. The Hall–Kier alpha value is -4.34. The van der Waals surface area contributed by atoms with E-state index in [0.717, 1.165) is 10.8 Å². The summed E-state index contributed by atoms with van der Waals surface area (Å²) >= 11 is 0. The van der Waals surface area contributed by atoms with Gasteiger partial charge in [0.15, 0.2) is 11.6 Å². The topological polar surface area (TPSA) is 128 Å². The van der Waals surface area contributed by atoms with Crippen LogP contribution in [0.1, 0.15) is 93.0 Å². The van der Waals surface area contributed by atoms with Crippen molar-refractivity contribution < 1.29 is 19.1 Å². The monoisotopic (exact) mass is 600 g/mol. The van der Waals surface area contributed by atoms with Gasteiger partial charge in [-0.1, -0.05) is 64.1 Å². The number of aromatic nitrogens is 4. The molecule has 2 aromatic heterocycles. The van der Waals surface area contributed by atoms with Gasteiger partial charge in [-0.25, -0.2) is 29.5 Å². The lowest BCUT2D eigenvalue weighted by atomic mass is 10.0. The third-order valence-electron chi connectivity index (χ3n) is 6.70. The summed E-state index contributed by atoms with van der Waals surface area (Å²) in [6.07, 6.45) is -1.09. The van der Waals surface area contributed by atoms with Crippen LogP contribution in [0.5, 0.6) is 0 Å². The molecule has 4 rings (SSSR count). The first kappa shape index (κ1) is 32.6. The van der Waals surface area contributed by atoms with Gasteiger partial charge in [-0.05, 0) is 65.5 Å². The molecule has 4 aromatic rings. The molecule has 0 fully saturated rings. The van der Waals surface area contributed by atoms with Crippen LogP contribution in [0.15, 0.2) is 48.5 Å². The van der Waals surface area contributed by atoms with Gasteiger partial charge >= 0.3 is 12.2 Å². The number of ether oxygens (including phenoxy) is 2. The fraction of sp³-hybridized carbons (Fsp3) is 0.471. The highest BCUT2D eigenvalue weighted by Crippen LogP contribution is 2.34. The lowest BCUT2D eigenvalue weighted by molar-refractivity contribution is 0.0475. The van der Waals surface area contributed by atoms with Gasteiger partial charge < -0.3 is 20.1 Å². The summed E-state index contributed by atoms with van der Waals surface area (Å²) in [7, 11) is 0. The van der Waals surface area contributed by atoms with Crippen molar-refractivity contribution in [1.82, 2.24) is 30.6 Å². The third kappa shape index (κ3) is 7.98. The highest BCUT2D eigenvalue weighted by atomic mass is 16.6. The number of nitrogens with zero attached hydrogens (tertiary/aromatic N) is 4. The third-order valence-corrected chi connectivity index (χ3v) is 6.70. The molecule has 2 amide bonds. The summed E-state index contributed by atoms with van der Waals surface area (Å²) in [5.41, 5.74) is 1.31. The molecule has 0 spiro atoms. The first-order chi connectivity index (χ1) is 20.5. The minimum absolute atomic E-state index is 0.0439. The van der Waals surface area contributed by atoms with Crippen molar-refractivity contribution in [3.8, 4) is 11.4 Å². The molecule has 0 radical (unpaired) electrons. The molecule has 0 bridgehead atoms. The lowest BCUT2D eigenvalue weighted by Crippen LogP contribution is -2.37. The van der Waals surface area contributed by atoms with Crippen LogP contribution in [-0.4, -0.2) is 43.3 Å². The Morgan fingerprint density at radius 1 is 0.591 bits per heavy atom. The van der Waals surface area contributed by atoms with Crippen LogP contribution in [0.3, 0.4) is 0 Å². The molecule has 10 nitrogen and oxygen atoms in total. The van der Waals surface area contributed by atoms with E-state index in [1.807, 2.05) is 118 Å². The molecule has 0 aliphatic carbocycles.